The summed E-state index contributed by atoms with van der Waals surface area (Å²) in [5.41, 5.74) is 5.87. The number of carbonyl (C=O) groups is 1. The summed E-state index contributed by atoms with van der Waals surface area (Å²) >= 11 is 1.66. The van der Waals surface area contributed by atoms with Gasteiger partial charge < -0.3 is 10.8 Å². The molecule has 2 atom stereocenters. The summed E-state index contributed by atoms with van der Waals surface area (Å²) in [6.07, 6.45) is 2.19. The van der Waals surface area contributed by atoms with E-state index >= 15 is 0 Å². The zero-order valence-electron chi connectivity index (χ0n) is 12.4. The molecule has 21 heavy (non-hydrogen) atoms. The first-order chi connectivity index (χ1) is 10.1. The van der Waals surface area contributed by atoms with Gasteiger partial charge in [-0.25, -0.2) is 0 Å². The molecule has 0 spiro atoms. The Hall–Kier alpha value is -1.04. The minimum absolute atomic E-state index is 0.165. The second-order valence-corrected chi connectivity index (χ2v) is 6.89. The van der Waals surface area contributed by atoms with Gasteiger partial charge in [0.1, 0.15) is 5.54 Å². The van der Waals surface area contributed by atoms with Gasteiger partial charge in [-0.3, -0.25) is 10.1 Å². The van der Waals surface area contributed by atoms with Crippen molar-refractivity contribution in [3.05, 3.63) is 35.9 Å². The standard InChI is InChI=1S/C16H24N2O2S/c1-12(9-19)10-21-11-16(15(17)20,18-14-7-8-14)13-5-3-2-4-6-13/h2-6,12,14,18-19H,7-11H2,1H3,(H2,17,20). The predicted octanol–water partition coefficient (Wildman–Crippen LogP) is 1.48. The van der Waals surface area contributed by atoms with E-state index in [9.17, 15) is 4.79 Å². The average Bonchev–Trinajstić information content (AvgIpc) is 3.30. The van der Waals surface area contributed by atoms with E-state index in [1.165, 1.54) is 0 Å². The van der Waals surface area contributed by atoms with E-state index in [4.69, 9.17) is 10.8 Å². The number of rotatable bonds is 9. The van der Waals surface area contributed by atoms with Crippen LogP contribution in [0.2, 0.25) is 0 Å². The molecule has 1 saturated carbocycles. The lowest BCUT2D eigenvalue weighted by atomic mass is 9.91. The molecule has 2 rings (SSSR count). The van der Waals surface area contributed by atoms with Gasteiger partial charge in [0, 0.05) is 18.4 Å². The van der Waals surface area contributed by atoms with E-state index in [1.807, 2.05) is 37.3 Å². The molecule has 0 bridgehead atoms. The molecule has 1 aliphatic rings. The van der Waals surface area contributed by atoms with Crippen molar-refractivity contribution in [2.75, 3.05) is 18.1 Å². The van der Waals surface area contributed by atoms with E-state index in [-0.39, 0.29) is 18.4 Å². The SMILES string of the molecule is CC(CO)CSCC(NC1CC1)(C(N)=O)c1ccccc1. The van der Waals surface area contributed by atoms with Crippen molar-refractivity contribution >= 4 is 17.7 Å². The molecule has 5 heteroatoms. The van der Waals surface area contributed by atoms with Crippen molar-refractivity contribution in [1.82, 2.24) is 5.32 Å². The summed E-state index contributed by atoms with van der Waals surface area (Å²) in [5.74, 6) is 1.29. The van der Waals surface area contributed by atoms with Gasteiger partial charge in [-0.05, 0) is 30.1 Å². The number of primary amides is 1. The van der Waals surface area contributed by atoms with Crippen LogP contribution in [0.5, 0.6) is 0 Å². The molecule has 1 aromatic rings. The van der Waals surface area contributed by atoms with Crippen molar-refractivity contribution in [2.24, 2.45) is 11.7 Å². The van der Waals surface area contributed by atoms with Gasteiger partial charge in [0.25, 0.3) is 0 Å². The summed E-state index contributed by atoms with van der Waals surface area (Å²) < 4.78 is 0. The third-order valence-corrected chi connectivity index (χ3v) is 5.19. The number of nitrogens with one attached hydrogen (secondary N) is 1. The van der Waals surface area contributed by atoms with E-state index in [2.05, 4.69) is 5.32 Å². The minimum Gasteiger partial charge on any atom is -0.396 e. The summed E-state index contributed by atoms with van der Waals surface area (Å²) in [5, 5.41) is 12.6. The van der Waals surface area contributed by atoms with Crippen LogP contribution < -0.4 is 11.1 Å². The van der Waals surface area contributed by atoms with Gasteiger partial charge in [-0.2, -0.15) is 11.8 Å². The van der Waals surface area contributed by atoms with Crippen molar-refractivity contribution < 1.29 is 9.90 Å². The Kier molecular flexibility index (Phi) is 5.67. The number of hydrogen-bond acceptors (Lipinski definition) is 4. The molecule has 0 saturated heterocycles. The van der Waals surface area contributed by atoms with Crippen LogP contribution in [0.15, 0.2) is 30.3 Å². The molecule has 0 heterocycles. The minimum atomic E-state index is -0.817. The Balaban J connectivity index is 2.17. The number of nitrogens with two attached hydrogens (primary N) is 1. The summed E-state index contributed by atoms with van der Waals surface area (Å²) in [4.78, 5) is 12.2. The van der Waals surface area contributed by atoms with Gasteiger partial charge in [0.05, 0.1) is 0 Å². The van der Waals surface area contributed by atoms with Crippen LogP contribution >= 0.6 is 11.8 Å². The normalized spacial score (nSPS) is 19.0. The Bertz CT molecular complexity index is 465. The van der Waals surface area contributed by atoms with Gasteiger partial charge in [-0.1, -0.05) is 37.3 Å². The molecule has 1 amide bonds. The summed E-state index contributed by atoms with van der Waals surface area (Å²) in [7, 11) is 0. The Morgan fingerprint density at radius 2 is 2.14 bits per heavy atom. The number of amides is 1. The van der Waals surface area contributed by atoms with E-state index < -0.39 is 5.54 Å². The fourth-order valence-electron chi connectivity index (χ4n) is 2.26. The number of aliphatic hydroxyl groups is 1. The van der Waals surface area contributed by atoms with Gasteiger partial charge in [0.15, 0.2) is 0 Å². The lowest BCUT2D eigenvalue weighted by molar-refractivity contribution is -0.124. The zero-order valence-corrected chi connectivity index (χ0v) is 13.2. The van der Waals surface area contributed by atoms with Crippen LogP contribution in [0.1, 0.15) is 25.3 Å². The maximum Gasteiger partial charge on any atom is 0.243 e. The molecule has 1 aromatic carbocycles. The predicted molar refractivity (Wildman–Crippen MR) is 87.0 cm³/mol. The van der Waals surface area contributed by atoms with Gasteiger partial charge in [0.2, 0.25) is 5.91 Å². The van der Waals surface area contributed by atoms with Crippen LogP contribution in [0.4, 0.5) is 0 Å². The maximum atomic E-state index is 12.2. The fourth-order valence-corrected chi connectivity index (χ4v) is 3.58. The van der Waals surface area contributed by atoms with E-state index in [1.54, 1.807) is 11.8 Å². The Morgan fingerprint density at radius 1 is 1.48 bits per heavy atom. The van der Waals surface area contributed by atoms with Gasteiger partial charge >= 0.3 is 0 Å². The number of benzene rings is 1. The molecule has 1 fully saturated rings. The quantitative estimate of drug-likeness (QED) is 0.646. The van der Waals surface area contributed by atoms with Crippen molar-refractivity contribution in [3.8, 4) is 0 Å². The lowest BCUT2D eigenvalue weighted by Gasteiger charge is -2.32. The monoisotopic (exact) mass is 308 g/mol. The molecular formula is C16H24N2O2S. The maximum absolute atomic E-state index is 12.2. The van der Waals surface area contributed by atoms with Gasteiger partial charge in [-0.15, -0.1) is 0 Å². The third kappa shape index (κ3) is 4.22. The highest BCUT2D eigenvalue weighted by molar-refractivity contribution is 7.99. The molecule has 0 radical (unpaired) electrons. The molecule has 4 nitrogen and oxygen atoms in total. The molecule has 116 valence electrons. The zero-order chi connectivity index (χ0) is 15.3. The van der Waals surface area contributed by atoms with E-state index in [0.29, 0.717) is 11.8 Å². The first kappa shape index (κ1) is 16.3. The summed E-state index contributed by atoms with van der Waals surface area (Å²) in [6.45, 7) is 2.16. The number of thioether (sulfide) groups is 1. The third-order valence-electron chi connectivity index (χ3n) is 3.75. The fraction of sp³-hybridized carbons (Fsp3) is 0.562. The topological polar surface area (TPSA) is 75.3 Å². The van der Waals surface area contributed by atoms with Crippen LogP contribution in [0.3, 0.4) is 0 Å². The Morgan fingerprint density at radius 3 is 2.67 bits per heavy atom. The van der Waals surface area contributed by atoms with Crippen LogP contribution in [-0.2, 0) is 10.3 Å². The second-order valence-electron chi connectivity index (χ2n) is 5.86. The second kappa shape index (κ2) is 7.29. The van der Waals surface area contributed by atoms with Crippen LogP contribution in [-0.4, -0.2) is 35.2 Å². The largest absolute Gasteiger partial charge is 0.396 e. The highest BCUT2D eigenvalue weighted by atomic mass is 32.2. The van der Waals surface area contributed by atoms with Crippen molar-refractivity contribution in [3.63, 3.8) is 0 Å². The Labute approximate surface area is 130 Å². The lowest BCUT2D eigenvalue weighted by Crippen LogP contribution is -2.55. The number of hydrogen-bond donors (Lipinski definition) is 3. The first-order valence-electron chi connectivity index (χ1n) is 7.40. The molecule has 4 N–H and O–H groups in total. The average molecular weight is 308 g/mol. The molecular weight excluding hydrogens is 284 g/mol. The molecule has 2 unspecified atom stereocenters. The van der Waals surface area contributed by atoms with Crippen molar-refractivity contribution in [1.29, 1.82) is 0 Å². The highest BCUT2D eigenvalue weighted by Gasteiger charge is 2.42. The molecule has 1 aliphatic carbocycles. The van der Waals surface area contributed by atoms with Crippen LogP contribution in [0.25, 0.3) is 0 Å². The number of aliphatic hydroxyl groups excluding tert-OH is 1. The van der Waals surface area contributed by atoms with Crippen molar-refractivity contribution in [2.45, 2.75) is 31.3 Å². The first-order valence-corrected chi connectivity index (χ1v) is 8.55. The smallest absolute Gasteiger partial charge is 0.243 e. The van der Waals surface area contributed by atoms with Crippen LogP contribution in [0, 0.1) is 5.92 Å². The summed E-state index contributed by atoms with van der Waals surface area (Å²) in [6, 6.07) is 10.1. The molecule has 0 aromatic heterocycles. The molecule has 0 aliphatic heterocycles. The van der Waals surface area contributed by atoms with E-state index in [0.717, 1.165) is 24.2 Å². The number of carbonyl (C=O) groups excluding carboxylic acids is 1. The highest BCUT2D eigenvalue weighted by Crippen LogP contribution is 2.32.